The minimum Gasteiger partial charge on any atom is -0.487 e. The van der Waals surface area contributed by atoms with Crippen LogP contribution in [0.2, 0.25) is 0 Å². The summed E-state index contributed by atoms with van der Waals surface area (Å²) in [5, 5.41) is 19.1. The van der Waals surface area contributed by atoms with Crippen molar-refractivity contribution in [2.75, 3.05) is 40.5 Å². The number of hydrogen-bond donors (Lipinski definition) is 2. The Morgan fingerprint density at radius 3 is 2.69 bits per heavy atom. The lowest BCUT2D eigenvalue weighted by atomic mass is 10.0. The normalized spacial score (nSPS) is 22.2. The molecular formula is C22H32N2O7S. The van der Waals surface area contributed by atoms with Gasteiger partial charge in [-0.15, -0.1) is 0 Å². The lowest BCUT2D eigenvalue weighted by Gasteiger charge is -2.37. The lowest BCUT2D eigenvalue weighted by Crippen LogP contribution is -2.50. The molecule has 178 valence electrons. The molecular weight excluding hydrogens is 436 g/mol. The van der Waals surface area contributed by atoms with Crippen LogP contribution in [-0.4, -0.2) is 92.5 Å². The van der Waals surface area contributed by atoms with Crippen molar-refractivity contribution < 1.29 is 32.9 Å². The van der Waals surface area contributed by atoms with E-state index in [9.17, 15) is 23.4 Å². The van der Waals surface area contributed by atoms with E-state index >= 15 is 0 Å². The zero-order valence-corrected chi connectivity index (χ0v) is 19.9. The fourth-order valence-corrected chi connectivity index (χ4v) is 5.14. The second-order valence-electron chi connectivity index (χ2n) is 8.05. The molecule has 1 aromatic rings. The van der Waals surface area contributed by atoms with Crippen molar-refractivity contribution in [3.8, 4) is 17.6 Å². The van der Waals surface area contributed by atoms with Gasteiger partial charge in [0.15, 0.2) is 0 Å². The largest absolute Gasteiger partial charge is 0.487 e. The average molecular weight is 469 g/mol. The first-order chi connectivity index (χ1) is 15.0. The number of methoxy groups -OCH3 is 1. The second-order valence-corrected chi connectivity index (χ2v) is 9.91. The predicted molar refractivity (Wildman–Crippen MR) is 119 cm³/mol. The molecule has 0 radical (unpaired) electrons. The quantitative estimate of drug-likeness (QED) is 0.577. The SMILES string of the molecule is COCC(=O)N(C)C[C@@H]1Oc2cc(C#C[C@H](C)O)ccc2S(=O)(=O)N([C@H](C)CO)C[C@@H]1C. The monoisotopic (exact) mass is 468 g/mol. The number of amides is 1. The van der Waals surface area contributed by atoms with E-state index < -0.39 is 28.3 Å². The Bertz CT molecular complexity index is 968. The number of aliphatic hydroxyl groups excluding tert-OH is 2. The number of carbonyl (C=O) groups excluding carboxylic acids is 1. The molecule has 4 atom stereocenters. The first-order valence-corrected chi connectivity index (χ1v) is 11.8. The van der Waals surface area contributed by atoms with Crippen LogP contribution < -0.4 is 4.74 Å². The van der Waals surface area contributed by atoms with Crippen molar-refractivity contribution >= 4 is 15.9 Å². The summed E-state index contributed by atoms with van der Waals surface area (Å²) in [4.78, 5) is 13.7. The van der Waals surface area contributed by atoms with Crippen molar-refractivity contribution in [2.24, 2.45) is 5.92 Å². The highest BCUT2D eigenvalue weighted by atomic mass is 32.2. The Kier molecular flexibility index (Phi) is 9.07. The molecule has 1 aliphatic rings. The van der Waals surface area contributed by atoms with E-state index in [1.54, 1.807) is 20.0 Å². The number of rotatable bonds is 6. The van der Waals surface area contributed by atoms with Crippen molar-refractivity contribution in [1.82, 2.24) is 9.21 Å². The molecule has 1 amide bonds. The van der Waals surface area contributed by atoms with Gasteiger partial charge in [-0.3, -0.25) is 4.79 Å². The van der Waals surface area contributed by atoms with Crippen LogP contribution >= 0.6 is 0 Å². The van der Waals surface area contributed by atoms with Gasteiger partial charge in [0, 0.05) is 38.2 Å². The molecule has 2 N–H and O–H groups in total. The molecule has 0 spiro atoms. The van der Waals surface area contributed by atoms with Crippen molar-refractivity contribution in [3.05, 3.63) is 23.8 Å². The number of hydrogen-bond acceptors (Lipinski definition) is 7. The summed E-state index contributed by atoms with van der Waals surface area (Å²) in [6.45, 7) is 4.93. The van der Waals surface area contributed by atoms with E-state index in [1.165, 1.54) is 35.4 Å². The predicted octanol–water partition coefficient (Wildman–Crippen LogP) is 0.292. The van der Waals surface area contributed by atoms with Crippen LogP contribution in [0.25, 0.3) is 0 Å². The van der Waals surface area contributed by atoms with Gasteiger partial charge in [0.25, 0.3) is 0 Å². The Balaban J connectivity index is 2.55. The van der Waals surface area contributed by atoms with Gasteiger partial charge in [-0.2, -0.15) is 4.31 Å². The number of aliphatic hydroxyl groups is 2. The number of benzene rings is 1. The van der Waals surface area contributed by atoms with Crippen molar-refractivity contribution in [3.63, 3.8) is 0 Å². The molecule has 0 saturated heterocycles. The van der Waals surface area contributed by atoms with E-state index in [-0.39, 0.29) is 48.8 Å². The van der Waals surface area contributed by atoms with E-state index in [0.717, 1.165) is 0 Å². The standard InChI is InChI=1S/C22H32N2O7S/c1-15-11-24(16(2)13-25)32(28,29)21-9-8-18(7-6-17(3)26)10-19(21)31-20(15)12-23(4)22(27)14-30-5/h8-10,15-17,20,25-26H,11-14H2,1-5H3/t15-,16+,17-,20-/m0/s1. The van der Waals surface area contributed by atoms with E-state index in [1.807, 2.05) is 6.92 Å². The number of carbonyl (C=O) groups is 1. The smallest absolute Gasteiger partial charge is 0.248 e. The van der Waals surface area contributed by atoms with E-state index in [2.05, 4.69) is 11.8 Å². The van der Waals surface area contributed by atoms with Gasteiger partial charge < -0.3 is 24.6 Å². The highest BCUT2D eigenvalue weighted by molar-refractivity contribution is 7.89. The Labute approximate surface area is 190 Å². The maximum Gasteiger partial charge on any atom is 0.248 e. The maximum absolute atomic E-state index is 13.4. The van der Waals surface area contributed by atoms with Gasteiger partial charge in [-0.1, -0.05) is 18.8 Å². The summed E-state index contributed by atoms with van der Waals surface area (Å²) in [7, 11) is -0.894. The molecule has 1 heterocycles. The summed E-state index contributed by atoms with van der Waals surface area (Å²) in [6, 6.07) is 3.84. The molecule has 1 aromatic carbocycles. The molecule has 0 bridgehead atoms. The zero-order valence-electron chi connectivity index (χ0n) is 19.1. The topological polar surface area (TPSA) is 117 Å². The molecule has 0 fully saturated rings. The van der Waals surface area contributed by atoms with Crippen molar-refractivity contribution in [1.29, 1.82) is 0 Å². The van der Waals surface area contributed by atoms with Crippen LogP contribution in [-0.2, 0) is 19.6 Å². The highest BCUT2D eigenvalue weighted by Crippen LogP contribution is 2.34. The molecule has 10 heteroatoms. The van der Waals surface area contributed by atoms with Gasteiger partial charge in [0.2, 0.25) is 15.9 Å². The third-order valence-corrected chi connectivity index (χ3v) is 7.26. The zero-order chi connectivity index (χ0) is 24.1. The van der Waals surface area contributed by atoms with Crippen LogP contribution in [0.15, 0.2) is 23.1 Å². The fraction of sp³-hybridized carbons (Fsp3) is 0.591. The van der Waals surface area contributed by atoms with E-state index in [0.29, 0.717) is 5.56 Å². The lowest BCUT2D eigenvalue weighted by molar-refractivity contribution is -0.135. The Hall–Kier alpha value is -2.16. The fourth-order valence-electron chi connectivity index (χ4n) is 3.31. The maximum atomic E-state index is 13.4. The molecule has 0 aromatic heterocycles. The van der Waals surface area contributed by atoms with Gasteiger partial charge in [0.05, 0.1) is 13.2 Å². The highest BCUT2D eigenvalue weighted by Gasteiger charge is 2.38. The summed E-state index contributed by atoms with van der Waals surface area (Å²) >= 11 is 0. The van der Waals surface area contributed by atoms with E-state index in [4.69, 9.17) is 9.47 Å². The van der Waals surface area contributed by atoms with Crippen LogP contribution in [0.4, 0.5) is 0 Å². The van der Waals surface area contributed by atoms with Crippen LogP contribution in [0, 0.1) is 17.8 Å². The summed E-state index contributed by atoms with van der Waals surface area (Å²) < 4.78 is 39.1. The van der Waals surface area contributed by atoms with Crippen LogP contribution in [0.5, 0.6) is 5.75 Å². The third-order valence-electron chi connectivity index (χ3n) is 5.24. The van der Waals surface area contributed by atoms with Gasteiger partial charge in [-0.05, 0) is 32.0 Å². The minimum atomic E-state index is -3.96. The number of sulfonamides is 1. The molecule has 0 saturated carbocycles. The average Bonchev–Trinajstić information content (AvgIpc) is 2.74. The third kappa shape index (κ3) is 6.21. The molecule has 2 rings (SSSR count). The van der Waals surface area contributed by atoms with Gasteiger partial charge >= 0.3 is 0 Å². The Morgan fingerprint density at radius 1 is 1.41 bits per heavy atom. The summed E-state index contributed by atoms with van der Waals surface area (Å²) in [5.74, 6) is 5.01. The number of likely N-dealkylation sites (N-methyl/N-ethyl adjacent to an activating group) is 1. The number of nitrogens with zero attached hydrogens (tertiary/aromatic N) is 2. The first kappa shape index (κ1) is 26.1. The summed E-state index contributed by atoms with van der Waals surface area (Å²) in [6.07, 6.45) is -1.36. The molecule has 1 aliphatic heterocycles. The second kappa shape index (κ2) is 11.1. The first-order valence-electron chi connectivity index (χ1n) is 10.4. The minimum absolute atomic E-state index is 0.0387. The molecule has 9 nitrogen and oxygen atoms in total. The van der Waals surface area contributed by atoms with Crippen molar-refractivity contribution in [2.45, 2.75) is 43.9 Å². The molecule has 0 unspecified atom stereocenters. The van der Waals surface area contributed by atoms with Gasteiger partial charge in [0.1, 0.15) is 29.5 Å². The van der Waals surface area contributed by atoms with Crippen LogP contribution in [0.3, 0.4) is 0 Å². The van der Waals surface area contributed by atoms with Crippen LogP contribution in [0.1, 0.15) is 26.3 Å². The number of ether oxygens (including phenoxy) is 2. The number of fused-ring (bicyclic) bond motifs is 1. The Morgan fingerprint density at radius 2 is 2.09 bits per heavy atom. The summed E-state index contributed by atoms with van der Waals surface area (Å²) in [5.41, 5.74) is 0.484. The molecule has 0 aliphatic carbocycles. The molecule has 32 heavy (non-hydrogen) atoms. The van der Waals surface area contributed by atoms with Gasteiger partial charge in [-0.25, -0.2) is 8.42 Å².